The minimum atomic E-state index is -1.07. The Morgan fingerprint density at radius 3 is 2.28 bits per heavy atom. The second-order valence-corrected chi connectivity index (χ2v) is 10.8. The predicted molar refractivity (Wildman–Crippen MR) is 85.5 cm³/mol. The van der Waals surface area contributed by atoms with E-state index >= 15 is 0 Å². The highest BCUT2D eigenvalue weighted by Crippen LogP contribution is 2.16. The van der Waals surface area contributed by atoms with Gasteiger partial charge in [-0.2, -0.15) is 0 Å². The van der Waals surface area contributed by atoms with Gasteiger partial charge in [-0.25, -0.2) is 0 Å². The van der Waals surface area contributed by atoms with Gasteiger partial charge in [0.1, 0.15) is 0 Å². The van der Waals surface area contributed by atoms with Crippen molar-refractivity contribution in [3.05, 3.63) is 65.9 Å². The van der Waals surface area contributed by atoms with Gasteiger partial charge in [-0.1, -0.05) is 80.0 Å². The van der Waals surface area contributed by atoms with Crippen molar-refractivity contribution in [1.82, 2.24) is 0 Å². The van der Waals surface area contributed by atoms with Crippen molar-refractivity contribution in [3.63, 3.8) is 0 Å². The van der Waals surface area contributed by atoms with E-state index in [4.69, 9.17) is 0 Å². The molecule has 18 heavy (non-hydrogen) atoms. The summed E-state index contributed by atoms with van der Waals surface area (Å²) in [6.07, 6.45) is 6.49. The van der Waals surface area contributed by atoms with Gasteiger partial charge in [-0.15, -0.1) is 0 Å². The Kier molecular flexibility index (Phi) is 3.83. The van der Waals surface area contributed by atoms with E-state index in [0.29, 0.717) is 0 Å². The zero-order chi connectivity index (χ0) is 13.0. The lowest BCUT2D eigenvalue weighted by atomic mass is 10.1. The summed E-state index contributed by atoms with van der Waals surface area (Å²) in [5, 5.41) is 2.60. The van der Waals surface area contributed by atoms with Crippen LogP contribution in [0.4, 0.5) is 0 Å². The molecule has 2 aromatic carbocycles. The van der Waals surface area contributed by atoms with Gasteiger partial charge in [-0.05, 0) is 22.4 Å². The smallest absolute Gasteiger partial charge is 0.0687 e. The molecule has 0 aromatic heterocycles. The number of hydrogen-bond acceptors (Lipinski definition) is 0. The van der Waals surface area contributed by atoms with Crippen LogP contribution in [0.3, 0.4) is 0 Å². The van der Waals surface area contributed by atoms with E-state index < -0.39 is 8.07 Å². The van der Waals surface area contributed by atoms with Crippen molar-refractivity contribution < 1.29 is 0 Å². The quantitative estimate of drug-likeness (QED) is 0.514. The molecule has 0 unspecified atom stereocenters. The molecule has 0 radical (unpaired) electrons. The van der Waals surface area contributed by atoms with Crippen LogP contribution >= 0.6 is 0 Å². The molecule has 0 nitrogen and oxygen atoms in total. The number of hydrogen-bond donors (Lipinski definition) is 0. The molecule has 0 bridgehead atoms. The lowest BCUT2D eigenvalue weighted by Gasteiger charge is -2.06. The molecule has 0 saturated carbocycles. The first-order chi connectivity index (χ1) is 8.54. The summed E-state index contributed by atoms with van der Waals surface area (Å²) in [6, 6.07) is 15.0. The molecule has 0 fully saturated rings. The third-order valence-corrected chi connectivity index (χ3v) is 3.96. The summed E-state index contributed by atoms with van der Waals surface area (Å²) in [7, 11) is -1.07. The van der Waals surface area contributed by atoms with Crippen molar-refractivity contribution >= 4 is 24.9 Å². The second kappa shape index (κ2) is 5.36. The lowest BCUT2D eigenvalue weighted by molar-refractivity contribution is 1.70. The minimum Gasteiger partial charge on any atom is -0.0950 e. The SMILES string of the molecule is C[Si](C)(C)/C=C/C=C/c1ccc2ccccc2c1. The summed E-state index contributed by atoms with van der Waals surface area (Å²) in [4.78, 5) is 0. The third-order valence-electron chi connectivity index (χ3n) is 2.77. The van der Waals surface area contributed by atoms with Crippen molar-refractivity contribution in [1.29, 1.82) is 0 Å². The van der Waals surface area contributed by atoms with E-state index in [-0.39, 0.29) is 0 Å². The van der Waals surface area contributed by atoms with E-state index in [1.165, 1.54) is 16.3 Å². The summed E-state index contributed by atoms with van der Waals surface area (Å²) in [6.45, 7) is 7.02. The van der Waals surface area contributed by atoms with Gasteiger partial charge in [0, 0.05) is 0 Å². The van der Waals surface area contributed by atoms with Gasteiger partial charge in [0.15, 0.2) is 0 Å². The molecule has 0 saturated heterocycles. The summed E-state index contributed by atoms with van der Waals surface area (Å²) < 4.78 is 0. The van der Waals surface area contributed by atoms with E-state index in [1.807, 2.05) is 0 Å². The van der Waals surface area contributed by atoms with E-state index in [1.54, 1.807) is 0 Å². The average Bonchev–Trinajstić information content (AvgIpc) is 2.33. The van der Waals surface area contributed by atoms with Crippen LogP contribution in [0, 0.1) is 0 Å². The fraction of sp³-hybridized carbons (Fsp3) is 0.176. The number of benzene rings is 2. The molecule has 1 heteroatoms. The van der Waals surface area contributed by atoms with Crippen molar-refractivity contribution in [2.45, 2.75) is 19.6 Å². The van der Waals surface area contributed by atoms with Crippen LogP contribution in [0.15, 0.2) is 60.3 Å². The fourth-order valence-electron chi connectivity index (χ4n) is 1.82. The Balaban J connectivity index is 2.17. The molecule has 92 valence electrons. The molecule has 2 aromatic rings. The van der Waals surface area contributed by atoms with Crippen LogP contribution in [0.1, 0.15) is 5.56 Å². The third kappa shape index (κ3) is 3.71. The molecule has 2 rings (SSSR count). The van der Waals surface area contributed by atoms with Crippen molar-refractivity contribution in [2.24, 2.45) is 0 Å². The Labute approximate surface area is 111 Å². The zero-order valence-corrected chi connectivity index (χ0v) is 12.4. The van der Waals surface area contributed by atoms with Crippen molar-refractivity contribution in [2.75, 3.05) is 0 Å². The normalized spacial score (nSPS) is 12.8. The topological polar surface area (TPSA) is 0 Å². The summed E-state index contributed by atoms with van der Waals surface area (Å²) in [5.41, 5.74) is 3.61. The number of allylic oxidation sites excluding steroid dienone is 2. The van der Waals surface area contributed by atoms with E-state index in [0.717, 1.165) is 0 Å². The first-order valence-corrected chi connectivity index (χ1v) is 9.97. The Hall–Kier alpha value is -1.60. The molecule has 0 spiro atoms. The van der Waals surface area contributed by atoms with Crippen LogP contribution < -0.4 is 0 Å². The van der Waals surface area contributed by atoms with Crippen LogP contribution in [0.5, 0.6) is 0 Å². The average molecular weight is 252 g/mol. The number of rotatable bonds is 3. The maximum atomic E-state index is 2.35. The van der Waals surface area contributed by atoms with Gasteiger partial charge in [0.25, 0.3) is 0 Å². The second-order valence-electron chi connectivity index (χ2n) is 5.69. The lowest BCUT2D eigenvalue weighted by Crippen LogP contribution is -2.14. The Bertz CT molecular complexity index is 586. The first kappa shape index (κ1) is 12.8. The van der Waals surface area contributed by atoms with Gasteiger partial charge in [-0.3, -0.25) is 0 Å². The highest BCUT2D eigenvalue weighted by atomic mass is 28.3. The molecule has 0 aliphatic rings. The minimum absolute atomic E-state index is 1.07. The van der Waals surface area contributed by atoms with Crippen LogP contribution in [0.2, 0.25) is 19.6 Å². The van der Waals surface area contributed by atoms with Gasteiger partial charge in [0.05, 0.1) is 8.07 Å². The summed E-state index contributed by atoms with van der Waals surface area (Å²) in [5.74, 6) is 0. The maximum Gasteiger partial charge on any atom is 0.0687 e. The molecule has 0 aliphatic heterocycles. The van der Waals surface area contributed by atoms with Gasteiger partial charge >= 0.3 is 0 Å². The molecular weight excluding hydrogens is 232 g/mol. The molecular formula is C17H20Si. The molecule has 0 atom stereocenters. The molecule has 0 amide bonds. The predicted octanol–water partition coefficient (Wildman–Crippen LogP) is 5.29. The summed E-state index contributed by atoms with van der Waals surface area (Å²) >= 11 is 0. The molecule has 0 aliphatic carbocycles. The van der Waals surface area contributed by atoms with Crippen LogP contribution in [-0.4, -0.2) is 8.07 Å². The molecule has 0 N–H and O–H groups in total. The first-order valence-electron chi connectivity index (χ1n) is 6.39. The largest absolute Gasteiger partial charge is 0.0950 e. The Morgan fingerprint density at radius 1 is 0.833 bits per heavy atom. The fourth-order valence-corrected chi connectivity index (χ4v) is 2.51. The number of fused-ring (bicyclic) bond motifs is 1. The highest BCUT2D eigenvalue weighted by Gasteiger charge is 2.05. The van der Waals surface area contributed by atoms with E-state index in [9.17, 15) is 0 Å². The van der Waals surface area contributed by atoms with Gasteiger partial charge in [0.2, 0.25) is 0 Å². The Morgan fingerprint density at radius 2 is 1.56 bits per heavy atom. The van der Waals surface area contributed by atoms with Crippen molar-refractivity contribution in [3.8, 4) is 0 Å². The van der Waals surface area contributed by atoms with Gasteiger partial charge < -0.3 is 0 Å². The molecule has 0 heterocycles. The monoisotopic (exact) mass is 252 g/mol. The highest BCUT2D eigenvalue weighted by molar-refractivity contribution is 6.81. The maximum absolute atomic E-state index is 2.35. The van der Waals surface area contributed by atoms with Crippen LogP contribution in [-0.2, 0) is 0 Å². The standard InChI is InChI=1S/C17H20Si/c1-18(2,3)13-7-6-8-15-11-12-16-9-4-5-10-17(16)14-15/h4-14H,1-3H3/b8-6+,13-7+. The van der Waals surface area contributed by atoms with E-state index in [2.05, 4.69) is 86.0 Å². The van der Waals surface area contributed by atoms with Crippen LogP contribution in [0.25, 0.3) is 16.8 Å². The zero-order valence-electron chi connectivity index (χ0n) is 11.4.